The maximum absolute atomic E-state index is 13.0. The summed E-state index contributed by atoms with van der Waals surface area (Å²) >= 11 is 0. The van der Waals surface area contributed by atoms with Gasteiger partial charge >= 0.3 is 0 Å². The van der Waals surface area contributed by atoms with Crippen molar-refractivity contribution in [2.24, 2.45) is 0 Å². The summed E-state index contributed by atoms with van der Waals surface area (Å²) in [4.78, 5) is 19.4. The minimum absolute atomic E-state index is 0.0932. The van der Waals surface area contributed by atoms with Crippen LogP contribution in [-0.4, -0.2) is 47.1 Å². The third-order valence-corrected chi connectivity index (χ3v) is 4.92. The molecular formula is C17H22N4O2. The zero-order valence-electron chi connectivity index (χ0n) is 13.5. The number of hydrogen-bond donors (Lipinski definition) is 1. The van der Waals surface area contributed by atoms with Gasteiger partial charge in [-0.1, -0.05) is 5.16 Å². The summed E-state index contributed by atoms with van der Waals surface area (Å²) in [5.74, 6) is 0.393. The number of fused-ring (bicyclic) bond motifs is 1. The van der Waals surface area contributed by atoms with Gasteiger partial charge in [0.1, 0.15) is 0 Å². The summed E-state index contributed by atoms with van der Waals surface area (Å²) in [7, 11) is 0. The van der Waals surface area contributed by atoms with E-state index in [0.717, 1.165) is 62.2 Å². The van der Waals surface area contributed by atoms with Gasteiger partial charge in [-0.3, -0.25) is 4.79 Å². The molecule has 1 atom stereocenters. The average molecular weight is 314 g/mol. The van der Waals surface area contributed by atoms with Crippen molar-refractivity contribution in [3.63, 3.8) is 0 Å². The quantitative estimate of drug-likeness (QED) is 0.920. The standard InChI is InChI=1S/C17H22N4O2/c1-11-9-13(17(22)21-7-3-2-4-8-21)14-15(12-5-6-18-10-12)20-23-16(14)19-11/h9,12,18H,2-8,10H2,1H3. The highest BCUT2D eigenvalue weighted by atomic mass is 16.5. The Balaban J connectivity index is 1.80. The molecule has 2 aliphatic heterocycles. The predicted molar refractivity (Wildman–Crippen MR) is 86.5 cm³/mol. The van der Waals surface area contributed by atoms with E-state index in [0.29, 0.717) is 17.2 Å². The molecule has 0 saturated carbocycles. The largest absolute Gasteiger partial charge is 0.339 e. The number of carbonyl (C=O) groups is 1. The first-order valence-corrected chi connectivity index (χ1v) is 8.51. The molecule has 6 nitrogen and oxygen atoms in total. The lowest BCUT2D eigenvalue weighted by atomic mass is 9.98. The molecule has 2 fully saturated rings. The first kappa shape index (κ1) is 14.6. The van der Waals surface area contributed by atoms with Crippen LogP contribution in [-0.2, 0) is 0 Å². The van der Waals surface area contributed by atoms with Crippen LogP contribution in [0.2, 0.25) is 0 Å². The molecule has 2 aromatic rings. The van der Waals surface area contributed by atoms with Crippen molar-refractivity contribution in [2.75, 3.05) is 26.2 Å². The highest BCUT2D eigenvalue weighted by molar-refractivity contribution is 6.06. The van der Waals surface area contributed by atoms with Crippen molar-refractivity contribution in [1.29, 1.82) is 0 Å². The molecule has 1 N–H and O–H groups in total. The molecule has 2 aromatic heterocycles. The third-order valence-electron chi connectivity index (χ3n) is 4.92. The Hall–Kier alpha value is -1.95. The fourth-order valence-corrected chi connectivity index (χ4v) is 3.70. The number of hydrogen-bond acceptors (Lipinski definition) is 5. The number of pyridine rings is 1. The molecule has 4 rings (SSSR count). The van der Waals surface area contributed by atoms with Gasteiger partial charge in [-0.05, 0) is 45.2 Å². The SMILES string of the molecule is Cc1cc(C(=O)N2CCCCC2)c2c(C3CCNC3)noc2n1. The van der Waals surface area contributed by atoms with Gasteiger partial charge in [-0.25, -0.2) is 4.98 Å². The van der Waals surface area contributed by atoms with Crippen LogP contribution in [0.5, 0.6) is 0 Å². The fourth-order valence-electron chi connectivity index (χ4n) is 3.70. The summed E-state index contributed by atoms with van der Waals surface area (Å²) in [5.41, 5.74) is 2.88. The number of nitrogens with one attached hydrogen (secondary N) is 1. The smallest absolute Gasteiger partial charge is 0.259 e. The van der Waals surface area contributed by atoms with Crippen molar-refractivity contribution in [2.45, 2.75) is 38.5 Å². The van der Waals surface area contributed by atoms with E-state index in [1.54, 1.807) is 0 Å². The Morgan fingerprint density at radius 1 is 1.35 bits per heavy atom. The third kappa shape index (κ3) is 2.61. The topological polar surface area (TPSA) is 71.3 Å². The van der Waals surface area contributed by atoms with Crippen LogP contribution < -0.4 is 5.32 Å². The van der Waals surface area contributed by atoms with E-state index in [4.69, 9.17) is 4.52 Å². The highest BCUT2D eigenvalue weighted by Crippen LogP contribution is 2.31. The maximum Gasteiger partial charge on any atom is 0.259 e. The number of nitrogens with zero attached hydrogens (tertiary/aromatic N) is 3. The van der Waals surface area contributed by atoms with E-state index >= 15 is 0 Å². The number of carbonyl (C=O) groups excluding carboxylic acids is 1. The lowest BCUT2D eigenvalue weighted by Gasteiger charge is -2.27. The van der Waals surface area contributed by atoms with Gasteiger partial charge in [0.15, 0.2) is 0 Å². The first-order valence-electron chi connectivity index (χ1n) is 8.51. The van der Waals surface area contributed by atoms with Gasteiger partial charge in [0.25, 0.3) is 11.6 Å². The summed E-state index contributed by atoms with van der Waals surface area (Å²) in [6.07, 6.45) is 4.40. The van der Waals surface area contributed by atoms with Crippen molar-refractivity contribution in [3.8, 4) is 0 Å². The number of likely N-dealkylation sites (tertiary alicyclic amines) is 1. The second-order valence-electron chi connectivity index (χ2n) is 6.60. The van der Waals surface area contributed by atoms with Crippen LogP contribution in [0.25, 0.3) is 11.1 Å². The summed E-state index contributed by atoms with van der Waals surface area (Å²) in [5, 5.41) is 8.43. The van der Waals surface area contributed by atoms with E-state index in [2.05, 4.69) is 15.5 Å². The Labute approximate surface area is 135 Å². The highest BCUT2D eigenvalue weighted by Gasteiger charge is 2.29. The van der Waals surface area contributed by atoms with Crippen LogP contribution in [0.15, 0.2) is 10.6 Å². The Bertz CT molecular complexity index is 728. The molecule has 6 heteroatoms. The van der Waals surface area contributed by atoms with Gasteiger partial charge in [-0.2, -0.15) is 0 Å². The minimum atomic E-state index is 0.0932. The Morgan fingerprint density at radius 3 is 2.91 bits per heavy atom. The molecule has 0 aliphatic carbocycles. The summed E-state index contributed by atoms with van der Waals surface area (Å²) in [6, 6.07) is 1.89. The molecule has 0 spiro atoms. The molecule has 2 aliphatic rings. The van der Waals surface area contributed by atoms with Crippen LogP contribution in [0.3, 0.4) is 0 Å². The van der Waals surface area contributed by atoms with Gasteiger partial charge in [0.05, 0.1) is 16.6 Å². The molecular weight excluding hydrogens is 292 g/mol. The lowest BCUT2D eigenvalue weighted by molar-refractivity contribution is 0.0726. The summed E-state index contributed by atoms with van der Waals surface area (Å²) in [6.45, 7) is 5.44. The lowest BCUT2D eigenvalue weighted by Crippen LogP contribution is -2.35. The molecule has 4 heterocycles. The second-order valence-corrected chi connectivity index (χ2v) is 6.60. The number of aromatic nitrogens is 2. The van der Waals surface area contributed by atoms with E-state index in [9.17, 15) is 4.79 Å². The van der Waals surface area contributed by atoms with Gasteiger partial charge < -0.3 is 14.7 Å². The Morgan fingerprint density at radius 2 is 2.17 bits per heavy atom. The Kier molecular flexibility index (Phi) is 3.77. The molecule has 1 unspecified atom stereocenters. The normalized spacial score (nSPS) is 22.0. The van der Waals surface area contributed by atoms with Crippen LogP contribution >= 0.6 is 0 Å². The summed E-state index contributed by atoms with van der Waals surface area (Å²) < 4.78 is 5.46. The van der Waals surface area contributed by atoms with Gasteiger partial charge in [0, 0.05) is 31.2 Å². The molecule has 1 amide bonds. The molecule has 0 radical (unpaired) electrons. The van der Waals surface area contributed by atoms with E-state index in [1.807, 2.05) is 17.9 Å². The molecule has 2 saturated heterocycles. The number of rotatable bonds is 2. The monoisotopic (exact) mass is 314 g/mol. The number of aryl methyl sites for hydroxylation is 1. The minimum Gasteiger partial charge on any atom is -0.339 e. The van der Waals surface area contributed by atoms with Crippen molar-refractivity contribution in [3.05, 3.63) is 23.0 Å². The van der Waals surface area contributed by atoms with Crippen LogP contribution in [0, 0.1) is 6.92 Å². The van der Waals surface area contributed by atoms with Crippen molar-refractivity contribution < 1.29 is 9.32 Å². The van der Waals surface area contributed by atoms with E-state index < -0.39 is 0 Å². The van der Waals surface area contributed by atoms with Gasteiger partial charge in [-0.15, -0.1) is 0 Å². The van der Waals surface area contributed by atoms with E-state index in [-0.39, 0.29) is 5.91 Å². The molecule has 23 heavy (non-hydrogen) atoms. The zero-order valence-corrected chi connectivity index (χ0v) is 13.5. The maximum atomic E-state index is 13.0. The predicted octanol–water partition coefficient (Wildman–Crippen LogP) is 2.23. The van der Waals surface area contributed by atoms with Crippen molar-refractivity contribution in [1.82, 2.24) is 20.4 Å². The molecule has 122 valence electrons. The fraction of sp³-hybridized carbons (Fsp3) is 0.588. The molecule has 0 bridgehead atoms. The number of amides is 1. The molecule has 0 aromatic carbocycles. The van der Waals surface area contributed by atoms with Crippen LogP contribution in [0.1, 0.15) is 53.3 Å². The van der Waals surface area contributed by atoms with Crippen LogP contribution in [0.4, 0.5) is 0 Å². The van der Waals surface area contributed by atoms with Crippen molar-refractivity contribution >= 4 is 17.0 Å². The second kappa shape index (κ2) is 5.92. The zero-order chi connectivity index (χ0) is 15.8. The first-order chi connectivity index (χ1) is 11.2. The average Bonchev–Trinajstić information content (AvgIpc) is 3.23. The van der Waals surface area contributed by atoms with E-state index in [1.165, 1.54) is 6.42 Å². The van der Waals surface area contributed by atoms with Gasteiger partial charge in [0.2, 0.25) is 0 Å². The number of piperidine rings is 1.